The first-order chi connectivity index (χ1) is 6.26. The molecule has 0 aliphatic heterocycles. The molecule has 5 nitrogen and oxygen atoms in total. The van der Waals surface area contributed by atoms with Crippen LogP contribution in [-0.2, 0) is 9.53 Å². The molecule has 0 atom stereocenters. The number of amides is 2. The average Bonchev–Trinajstić information content (AvgIpc) is 1.96. The number of likely N-dealkylation sites (N-methyl/N-ethyl adjacent to an activating group) is 1. The maximum atomic E-state index is 11.4. The molecule has 0 aromatic heterocycles. The summed E-state index contributed by atoms with van der Waals surface area (Å²) in [6.07, 6.45) is -0.515. The Morgan fingerprint density at radius 1 is 1.36 bits per heavy atom. The summed E-state index contributed by atoms with van der Waals surface area (Å²) in [6, 6.07) is 0. The minimum atomic E-state index is -0.553. The van der Waals surface area contributed by atoms with Crippen molar-refractivity contribution in [3.05, 3.63) is 0 Å². The Balaban J connectivity index is 4.25. The van der Waals surface area contributed by atoms with Crippen molar-refractivity contribution < 1.29 is 14.3 Å². The Labute approximate surface area is 84.2 Å². The zero-order chi connectivity index (χ0) is 11.4. The molecule has 0 saturated heterocycles. The van der Waals surface area contributed by atoms with Gasteiger partial charge in [0.25, 0.3) is 0 Å². The lowest BCUT2D eigenvalue weighted by Crippen LogP contribution is -2.41. The zero-order valence-electron chi connectivity index (χ0n) is 9.16. The molecule has 0 radical (unpaired) electrons. The number of nitrogens with zero attached hydrogens (tertiary/aromatic N) is 1. The highest BCUT2D eigenvalue weighted by atomic mass is 16.6. The molecule has 0 aromatic carbocycles. The van der Waals surface area contributed by atoms with E-state index in [1.807, 2.05) is 0 Å². The molecule has 0 aromatic rings. The Bertz CT molecular complexity index is 221. The van der Waals surface area contributed by atoms with E-state index >= 15 is 0 Å². The van der Waals surface area contributed by atoms with Gasteiger partial charge in [0.15, 0.2) is 0 Å². The molecule has 0 spiro atoms. The lowest BCUT2D eigenvalue weighted by molar-refractivity contribution is -0.119. The molecule has 0 heterocycles. The van der Waals surface area contributed by atoms with Crippen LogP contribution in [0.5, 0.6) is 0 Å². The van der Waals surface area contributed by atoms with Gasteiger partial charge in [0.2, 0.25) is 5.91 Å². The van der Waals surface area contributed by atoms with Crippen molar-refractivity contribution in [1.29, 1.82) is 0 Å². The molecular formula is C9H18N2O3. The van der Waals surface area contributed by atoms with Crippen molar-refractivity contribution in [3.8, 4) is 0 Å². The van der Waals surface area contributed by atoms with Gasteiger partial charge in [-0.1, -0.05) is 0 Å². The molecule has 5 heteroatoms. The number of primary amides is 1. The number of nitrogens with two attached hydrogens (primary N) is 1. The summed E-state index contributed by atoms with van der Waals surface area (Å²) in [5.74, 6) is -0.544. The number of rotatable bonds is 3. The maximum Gasteiger partial charge on any atom is 0.410 e. The van der Waals surface area contributed by atoms with Crippen molar-refractivity contribution in [2.45, 2.75) is 33.3 Å². The molecule has 0 saturated carbocycles. The van der Waals surface area contributed by atoms with Crippen molar-refractivity contribution in [2.24, 2.45) is 5.73 Å². The van der Waals surface area contributed by atoms with E-state index in [0.717, 1.165) is 0 Å². The molecule has 0 fully saturated rings. The maximum absolute atomic E-state index is 11.4. The highest BCUT2D eigenvalue weighted by Crippen LogP contribution is 2.09. The normalized spacial score (nSPS) is 10.9. The average molecular weight is 202 g/mol. The first-order valence-electron chi connectivity index (χ1n) is 4.52. The standard InChI is InChI=1S/C9H18N2O3/c1-5-11(6-7(10)12)8(13)14-9(2,3)4/h5-6H2,1-4H3,(H2,10,12). The minimum absolute atomic E-state index is 0.106. The van der Waals surface area contributed by atoms with Crippen LogP contribution in [0.25, 0.3) is 0 Å². The van der Waals surface area contributed by atoms with Crippen LogP contribution in [0.4, 0.5) is 4.79 Å². The van der Waals surface area contributed by atoms with Crippen molar-refractivity contribution in [3.63, 3.8) is 0 Å². The third kappa shape index (κ3) is 5.40. The Morgan fingerprint density at radius 2 is 1.86 bits per heavy atom. The lowest BCUT2D eigenvalue weighted by atomic mass is 10.2. The second-order valence-corrected chi connectivity index (χ2v) is 3.96. The number of hydrogen-bond donors (Lipinski definition) is 1. The Hall–Kier alpha value is -1.26. The Kier molecular flexibility index (Phi) is 4.40. The summed E-state index contributed by atoms with van der Waals surface area (Å²) >= 11 is 0. The van der Waals surface area contributed by atoms with E-state index in [1.54, 1.807) is 27.7 Å². The van der Waals surface area contributed by atoms with Gasteiger partial charge in [-0.25, -0.2) is 4.79 Å². The van der Waals surface area contributed by atoms with Crippen LogP contribution >= 0.6 is 0 Å². The molecule has 0 rings (SSSR count). The fourth-order valence-electron chi connectivity index (χ4n) is 0.820. The third-order valence-corrected chi connectivity index (χ3v) is 1.38. The molecule has 82 valence electrons. The van der Waals surface area contributed by atoms with Crippen molar-refractivity contribution in [1.82, 2.24) is 4.90 Å². The highest BCUT2D eigenvalue weighted by Gasteiger charge is 2.21. The summed E-state index contributed by atoms with van der Waals surface area (Å²) in [7, 11) is 0. The second kappa shape index (κ2) is 4.83. The van der Waals surface area contributed by atoms with E-state index in [1.165, 1.54) is 4.90 Å². The third-order valence-electron chi connectivity index (χ3n) is 1.38. The van der Waals surface area contributed by atoms with Crippen LogP contribution in [0.1, 0.15) is 27.7 Å². The van der Waals surface area contributed by atoms with Gasteiger partial charge in [-0.3, -0.25) is 9.69 Å². The molecule has 0 unspecified atom stereocenters. The second-order valence-electron chi connectivity index (χ2n) is 3.96. The number of carbonyl (C=O) groups excluding carboxylic acids is 2. The number of carbonyl (C=O) groups is 2. The molecule has 0 bridgehead atoms. The fourth-order valence-corrected chi connectivity index (χ4v) is 0.820. The van der Waals surface area contributed by atoms with Gasteiger partial charge in [0.1, 0.15) is 12.1 Å². The molecular weight excluding hydrogens is 184 g/mol. The van der Waals surface area contributed by atoms with E-state index < -0.39 is 17.6 Å². The van der Waals surface area contributed by atoms with Gasteiger partial charge >= 0.3 is 6.09 Å². The van der Waals surface area contributed by atoms with Crippen LogP contribution in [0.15, 0.2) is 0 Å². The topological polar surface area (TPSA) is 72.6 Å². The summed E-state index contributed by atoms with van der Waals surface area (Å²) in [5, 5.41) is 0. The van der Waals surface area contributed by atoms with Crippen LogP contribution in [-0.4, -0.2) is 35.6 Å². The molecule has 2 amide bonds. The number of ether oxygens (including phenoxy) is 1. The van der Waals surface area contributed by atoms with Gasteiger partial charge < -0.3 is 10.5 Å². The van der Waals surface area contributed by atoms with Crippen LogP contribution < -0.4 is 5.73 Å². The van der Waals surface area contributed by atoms with Crippen LogP contribution in [0.3, 0.4) is 0 Å². The van der Waals surface area contributed by atoms with Gasteiger partial charge in [0.05, 0.1) is 0 Å². The van der Waals surface area contributed by atoms with Gasteiger partial charge in [-0.2, -0.15) is 0 Å². The predicted molar refractivity (Wildman–Crippen MR) is 52.7 cm³/mol. The fraction of sp³-hybridized carbons (Fsp3) is 0.778. The first-order valence-corrected chi connectivity index (χ1v) is 4.52. The van der Waals surface area contributed by atoms with Gasteiger partial charge in [-0.15, -0.1) is 0 Å². The van der Waals surface area contributed by atoms with E-state index in [2.05, 4.69) is 0 Å². The quantitative estimate of drug-likeness (QED) is 0.733. The van der Waals surface area contributed by atoms with Crippen LogP contribution in [0.2, 0.25) is 0 Å². The predicted octanol–water partition coefficient (Wildman–Crippen LogP) is 0.729. The smallest absolute Gasteiger partial charge is 0.410 e. The molecule has 0 aliphatic carbocycles. The molecule has 2 N–H and O–H groups in total. The monoisotopic (exact) mass is 202 g/mol. The summed E-state index contributed by atoms with van der Waals surface area (Å²) < 4.78 is 5.07. The van der Waals surface area contributed by atoms with Gasteiger partial charge in [-0.05, 0) is 27.7 Å². The van der Waals surface area contributed by atoms with Crippen molar-refractivity contribution >= 4 is 12.0 Å². The first kappa shape index (κ1) is 12.7. The highest BCUT2D eigenvalue weighted by molar-refractivity contribution is 5.80. The summed E-state index contributed by atoms with van der Waals surface area (Å²) in [4.78, 5) is 23.3. The molecule has 14 heavy (non-hydrogen) atoms. The van der Waals surface area contributed by atoms with E-state index in [-0.39, 0.29) is 6.54 Å². The Morgan fingerprint density at radius 3 is 2.14 bits per heavy atom. The SMILES string of the molecule is CCN(CC(N)=O)C(=O)OC(C)(C)C. The zero-order valence-corrected chi connectivity index (χ0v) is 9.16. The summed E-state index contributed by atoms with van der Waals surface area (Å²) in [6.45, 7) is 7.35. The van der Waals surface area contributed by atoms with E-state index in [9.17, 15) is 9.59 Å². The lowest BCUT2D eigenvalue weighted by Gasteiger charge is -2.25. The largest absolute Gasteiger partial charge is 0.444 e. The molecule has 0 aliphatic rings. The summed E-state index contributed by atoms with van der Waals surface area (Å²) in [5.41, 5.74) is 4.43. The van der Waals surface area contributed by atoms with Gasteiger partial charge in [0, 0.05) is 6.54 Å². The number of hydrogen-bond acceptors (Lipinski definition) is 3. The van der Waals surface area contributed by atoms with E-state index in [0.29, 0.717) is 6.54 Å². The minimum Gasteiger partial charge on any atom is -0.444 e. The van der Waals surface area contributed by atoms with E-state index in [4.69, 9.17) is 10.5 Å². The van der Waals surface area contributed by atoms with Crippen LogP contribution in [0, 0.1) is 0 Å². The van der Waals surface area contributed by atoms with Crippen molar-refractivity contribution in [2.75, 3.05) is 13.1 Å².